The smallest absolute Gasteiger partial charge is 0.267 e. The Hall–Kier alpha value is -2.41. The molecule has 2 aromatic heterocycles. The van der Waals surface area contributed by atoms with Gasteiger partial charge < -0.3 is 0 Å². The van der Waals surface area contributed by atoms with Gasteiger partial charge in [-0.05, 0) is 55.5 Å². The Morgan fingerprint density at radius 3 is 2.58 bits per heavy atom. The highest BCUT2D eigenvalue weighted by Crippen LogP contribution is 2.35. The summed E-state index contributed by atoms with van der Waals surface area (Å²) in [6.45, 7) is 0. The van der Waals surface area contributed by atoms with Gasteiger partial charge >= 0.3 is 0 Å². The molecule has 2 aromatic carbocycles. The average molecular weight is 467 g/mol. The third-order valence-electron chi connectivity index (χ3n) is 5.47. The number of hydrogen-bond acceptors (Lipinski definition) is 5. The Morgan fingerprint density at radius 1 is 1.06 bits per heavy atom. The van der Waals surface area contributed by atoms with Gasteiger partial charge in [-0.25, -0.2) is 4.98 Å². The SMILES string of the molecule is O=C(CSc1nc2sc3c(c2c(=O)n1-c1ccc(Cl)cc1)CCCC3)c1ccccc1. The van der Waals surface area contributed by atoms with E-state index in [1.165, 1.54) is 16.6 Å². The van der Waals surface area contributed by atoms with Crippen LogP contribution < -0.4 is 5.56 Å². The molecule has 4 aromatic rings. The lowest BCUT2D eigenvalue weighted by atomic mass is 9.97. The highest BCUT2D eigenvalue weighted by Gasteiger charge is 2.23. The first-order valence-corrected chi connectivity index (χ1v) is 12.3. The highest BCUT2D eigenvalue weighted by molar-refractivity contribution is 7.99. The van der Waals surface area contributed by atoms with Crippen molar-refractivity contribution in [2.24, 2.45) is 0 Å². The number of rotatable bonds is 5. The molecule has 0 atom stereocenters. The summed E-state index contributed by atoms with van der Waals surface area (Å²) in [4.78, 5) is 33.3. The van der Waals surface area contributed by atoms with Crippen LogP contribution in [0.3, 0.4) is 0 Å². The van der Waals surface area contributed by atoms with E-state index in [4.69, 9.17) is 16.6 Å². The van der Waals surface area contributed by atoms with Crippen LogP contribution in [0.5, 0.6) is 0 Å². The van der Waals surface area contributed by atoms with Crippen molar-refractivity contribution in [3.63, 3.8) is 0 Å². The molecule has 0 fully saturated rings. The molecule has 0 radical (unpaired) electrons. The average Bonchev–Trinajstić information content (AvgIpc) is 3.17. The van der Waals surface area contributed by atoms with Crippen molar-refractivity contribution < 1.29 is 4.79 Å². The van der Waals surface area contributed by atoms with E-state index in [0.29, 0.717) is 21.4 Å². The molecule has 1 aliphatic rings. The minimum absolute atomic E-state index is 0.00748. The van der Waals surface area contributed by atoms with E-state index in [1.54, 1.807) is 40.2 Å². The highest BCUT2D eigenvalue weighted by atomic mass is 35.5. The van der Waals surface area contributed by atoms with E-state index in [1.807, 2.05) is 30.3 Å². The Bertz CT molecular complexity index is 1330. The number of aromatic nitrogens is 2. The number of carbonyl (C=O) groups excluding carboxylic acids is 1. The fourth-order valence-corrected chi connectivity index (χ4v) is 6.27. The lowest BCUT2D eigenvalue weighted by Gasteiger charge is -2.13. The van der Waals surface area contributed by atoms with E-state index in [0.717, 1.165) is 41.5 Å². The van der Waals surface area contributed by atoms with E-state index in [2.05, 4.69) is 0 Å². The van der Waals surface area contributed by atoms with Crippen LogP contribution in [-0.4, -0.2) is 21.1 Å². The van der Waals surface area contributed by atoms with Crippen LogP contribution in [-0.2, 0) is 12.8 Å². The molecule has 4 nitrogen and oxygen atoms in total. The summed E-state index contributed by atoms with van der Waals surface area (Å²) in [5.74, 6) is 0.216. The molecule has 0 bridgehead atoms. The number of nitrogens with zero attached hydrogens (tertiary/aromatic N) is 2. The lowest BCUT2D eigenvalue weighted by Crippen LogP contribution is -2.22. The molecular weight excluding hydrogens is 448 g/mol. The second kappa shape index (κ2) is 8.61. The van der Waals surface area contributed by atoms with Gasteiger partial charge in [-0.2, -0.15) is 0 Å². The maximum Gasteiger partial charge on any atom is 0.267 e. The molecule has 0 unspecified atom stereocenters. The zero-order chi connectivity index (χ0) is 21.4. The number of thiophene rings is 1. The van der Waals surface area contributed by atoms with Crippen molar-refractivity contribution in [3.05, 3.63) is 86.0 Å². The zero-order valence-corrected chi connectivity index (χ0v) is 19.0. The number of carbonyl (C=O) groups is 1. The number of ketones is 1. The Balaban J connectivity index is 1.61. The summed E-state index contributed by atoms with van der Waals surface area (Å²) >= 11 is 8.99. The first kappa shape index (κ1) is 20.5. The van der Waals surface area contributed by atoms with Crippen molar-refractivity contribution in [1.82, 2.24) is 9.55 Å². The number of benzene rings is 2. The molecule has 7 heteroatoms. The molecule has 1 aliphatic carbocycles. The number of fused-ring (bicyclic) bond motifs is 3. The van der Waals surface area contributed by atoms with Crippen LogP contribution in [0.2, 0.25) is 5.02 Å². The number of halogens is 1. The van der Waals surface area contributed by atoms with Crippen molar-refractivity contribution in [1.29, 1.82) is 0 Å². The quantitative estimate of drug-likeness (QED) is 0.207. The molecule has 2 heterocycles. The predicted molar refractivity (Wildman–Crippen MR) is 128 cm³/mol. The van der Waals surface area contributed by atoms with Gasteiger partial charge in [-0.3, -0.25) is 14.2 Å². The number of Topliss-reactive ketones (excluding diaryl/α,β-unsaturated/α-hetero) is 1. The standard InChI is InChI=1S/C24H19ClN2O2S2/c25-16-10-12-17(13-11-16)27-23(29)21-18-8-4-5-9-20(18)31-22(21)26-24(27)30-14-19(28)15-6-2-1-3-7-15/h1-3,6-7,10-13H,4-5,8-9,14H2. The van der Waals surface area contributed by atoms with Crippen molar-refractivity contribution in [2.45, 2.75) is 30.8 Å². The number of thioether (sulfide) groups is 1. The van der Waals surface area contributed by atoms with Gasteiger partial charge in [0.25, 0.3) is 5.56 Å². The summed E-state index contributed by atoms with van der Waals surface area (Å²) in [5.41, 5.74) is 2.45. The summed E-state index contributed by atoms with van der Waals surface area (Å²) < 4.78 is 1.63. The van der Waals surface area contributed by atoms with Crippen molar-refractivity contribution in [3.8, 4) is 5.69 Å². The maximum atomic E-state index is 13.7. The van der Waals surface area contributed by atoms with Crippen molar-refractivity contribution >= 4 is 50.7 Å². The summed E-state index contributed by atoms with van der Waals surface area (Å²) in [7, 11) is 0. The van der Waals surface area contributed by atoms with E-state index >= 15 is 0 Å². The molecule has 5 rings (SSSR count). The van der Waals surface area contributed by atoms with Gasteiger partial charge in [0.15, 0.2) is 10.9 Å². The van der Waals surface area contributed by atoms with E-state index in [9.17, 15) is 9.59 Å². The molecule has 31 heavy (non-hydrogen) atoms. The Morgan fingerprint density at radius 2 is 1.81 bits per heavy atom. The van der Waals surface area contributed by atoms with Gasteiger partial charge in [0.1, 0.15) is 4.83 Å². The van der Waals surface area contributed by atoms with E-state index < -0.39 is 0 Å². The zero-order valence-electron chi connectivity index (χ0n) is 16.6. The lowest BCUT2D eigenvalue weighted by molar-refractivity contribution is 0.102. The van der Waals surface area contributed by atoms with Gasteiger partial charge in [-0.1, -0.05) is 53.7 Å². The van der Waals surface area contributed by atoms with Crippen LogP contribution >= 0.6 is 34.7 Å². The second-order valence-corrected chi connectivity index (χ2v) is 9.94. The van der Waals surface area contributed by atoms with E-state index in [-0.39, 0.29) is 17.1 Å². The molecule has 0 saturated heterocycles. The Labute approximate surface area is 192 Å². The van der Waals surface area contributed by atoms with Gasteiger partial charge in [0.2, 0.25) is 0 Å². The van der Waals surface area contributed by atoms with Crippen LogP contribution in [0.15, 0.2) is 64.5 Å². The van der Waals surface area contributed by atoms with Gasteiger partial charge in [-0.15, -0.1) is 11.3 Å². The minimum atomic E-state index is -0.0682. The minimum Gasteiger partial charge on any atom is -0.293 e. The Kier molecular flexibility index (Phi) is 5.69. The first-order chi connectivity index (χ1) is 15.1. The molecule has 0 amide bonds. The predicted octanol–water partition coefficient (Wildman–Crippen LogP) is 5.95. The second-order valence-electron chi connectivity index (χ2n) is 7.48. The maximum absolute atomic E-state index is 13.7. The third kappa shape index (κ3) is 3.95. The van der Waals surface area contributed by atoms with Crippen LogP contribution in [0.25, 0.3) is 15.9 Å². The molecular formula is C24H19ClN2O2S2. The van der Waals surface area contributed by atoms with Gasteiger partial charge in [0.05, 0.1) is 16.8 Å². The molecule has 156 valence electrons. The molecule has 0 N–H and O–H groups in total. The first-order valence-electron chi connectivity index (χ1n) is 10.2. The normalized spacial score (nSPS) is 13.3. The summed E-state index contributed by atoms with van der Waals surface area (Å²) in [5, 5.41) is 1.86. The monoisotopic (exact) mass is 466 g/mol. The third-order valence-corrected chi connectivity index (χ3v) is 7.85. The summed E-state index contributed by atoms with van der Waals surface area (Å²) in [6, 6.07) is 16.4. The fourth-order valence-electron chi connectivity index (χ4n) is 3.94. The topological polar surface area (TPSA) is 52.0 Å². The fraction of sp³-hybridized carbons (Fsp3) is 0.208. The number of hydrogen-bond donors (Lipinski definition) is 0. The van der Waals surface area contributed by atoms with Gasteiger partial charge in [0, 0.05) is 15.5 Å². The molecule has 0 spiro atoms. The van der Waals surface area contributed by atoms with Crippen LogP contribution in [0.1, 0.15) is 33.6 Å². The van der Waals surface area contributed by atoms with Crippen LogP contribution in [0, 0.1) is 0 Å². The molecule has 0 aliphatic heterocycles. The molecule has 0 saturated carbocycles. The largest absolute Gasteiger partial charge is 0.293 e. The van der Waals surface area contributed by atoms with Crippen LogP contribution in [0.4, 0.5) is 0 Å². The summed E-state index contributed by atoms with van der Waals surface area (Å²) in [6.07, 6.45) is 4.18. The van der Waals surface area contributed by atoms with Crippen molar-refractivity contribution in [2.75, 3.05) is 5.75 Å². The number of aryl methyl sites for hydroxylation is 2.